The van der Waals surface area contributed by atoms with Crippen LogP contribution >= 0.6 is 11.6 Å². The normalized spacial score (nSPS) is 10.8. The summed E-state index contributed by atoms with van der Waals surface area (Å²) in [4.78, 5) is 26.8. The number of amides is 2. The van der Waals surface area contributed by atoms with Gasteiger partial charge in [0.2, 0.25) is 5.91 Å². The minimum atomic E-state index is -0.910. The standard InChI is InChI=1S/C24H19ClF2N4O3/c1-2-30(14-22(32)28-23-17(26)5-3-6-18(23)27)24(33)19-13-20(21-7-4-12-34-21)31(29-19)16-10-8-15(25)9-11-16/h3-13H,2,14H2,1H3,(H,28,32). The Balaban J connectivity index is 1.60. The molecule has 0 atom stereocenters. The van der Waals surface area contributed by atoms with Gasteiger partial charge in [-0.1, -0.05) is 17.7 Å². The van der Waals surface area contributed by atoms with Crippen LogP contribution in [0.4, 0.5) is 14.5 Å². The summed E-state index contributed by atoms with van der Waals surface area (Å²) in [6.07, 6.45) is 1.50. The number of halogens is 3. The zero-order valence-corrected chi connectivity index (χ0v) is 18.7. The summed E-state index contributed by atoms with van der Waals surface area (Å²) in [6.45, 7) is 1.42. The van der Waals surface area contributed by atoms with Gasteiger partial charge < -0.3 is 14.6 Å². The molecule has 0 bridgehead atoms. The van der Waals surface area contributed by atoms with E-state index in [0.717, 1.165) is 12.1 Å². The number of aromatic nitrogens is 2. The fraction of sp³-hybridized carbons (Fsp3) is 0.125. The van der Waals surface area contributed by atoms with Crippen LogP contribution in [0.25, 0.3) is 17.1 Å². The van der Waals surface area contributed by atoms with Crippen LogP contribution in [0.1, 0.15) is 17.4 Å². The van der Waals surface area contributed by atoms with Crippen molar-refractivity contribution in [2.24, 2.45) is 0 Å². The zero-order valence-electron chi connectivity index (χ0n) is 18.0. The third-order valence-electron chi connectivity index (χ3n) is 5.00. The van der Waals surface area contributed by atoms with E-state index in [4.69, 9.17) is 16.0 Å². The molecule has 0 aliphatic rings. The number of carbonyl (C=O) groups is 2. The molecule has 174 valence electrons. The van der Waals surface area contributed by atoms with Crippen molar-refractivity contribution in [2.45, 2.75) is 6.92 Å². The number of carbonyl (C=O) groups excluding carboxylic acids is 2. The monoisotopic (exact) mass is 484 g/mol. The Kier molecular flexibility index (Phi) is 6.74. The lowest BCUT2D eigenvalue weighted by atomic mass is 10.2. The molecule has 2 heterocycles. The van der Waals surface area contributed by atoms with Crippen LogP contribution in [-0.4, -0.2) is 39.6 Å². The van der Waals surface area contributed by atoms with Gasteiger partial charge in [-0.15, -0.1) is 0 Å². The highest BCUT2D eigenvalue weighted by molar-refractivity contribution is 6.30. The first kappa shape index (κ1) is 23.2. The first-order valence-electron chi connectivity index (χ1n) is 10.3. The number of hydrogen-bond donors (Lipinski definition) is 1. The fourth-order valence-corrected chi connectivity index (χ4v) is 3.45. The number of para-hydroxylation sites is 1. The Morgan fingerprint density at radius 2 is 1.79 bits per heavy atom. The Morgan fingerprint density at radius 3 is 2.41 bits per heavy atom. The molecule has 0 fully saturated rings. The molecule has 0 saturated heterocycles. The molecule has 0 aliphatic carbocycles. The van der Waals surface area contributed by atoms with Crippen LogP contribution in [0.15, 0.2) is 71.3 Å². The molecule has 0 unspecified atom stereocenters. The van der Waals surface area contributed by atoms with Crippen LogP contribution in [0.2, 0.25) is 5.02 Å². The van der Waals surface area contributed by atoms with Gasteiger partial charge in [-0.25, -0.2) is 13.5 Å². The summed E-state index contributed by atoms with van der Waals surface area (Å²) < 4.78 is 34.7. The van der Waals surface area contributed by atoms with Gasteiger partial charge in [0, 0.05) is 17.6 Å². The molecule has 7 nitrogen and oxygen atoms in total. The van der Waals surface area contributed by atoms with Crippen molar-refractivity contribution in [1.29, 1.82) is 0 Å². The van der Waals surface area contributed by atoms with Gasteiger partial charge in [0.15, 0.2) is 11.5 Å². The second-order valence-electron chi connectivity index (χ2n) is 7.24. The Hall–Kier alpha value is -3.98. The van der Waals surface area contributed by atoms with Gasteiger partial charge in [-0.05, 0) is 55.5 Å². The highest BCUT2D eigenvalue weighted by Gasteiger charge is 2.24. The molecule has 10 heteroatoms. The van der Waals surface area contributed by atoms with Gasteiger partial charge in [-0.3, -0.25) is 9.59 Å². The maximum Gasteiger partial charge on any atom is 0.274 e. The van der Waals surface area contributed by atoms with Gasteiger partial charge in [0.1, 0.15) is 29.6 Å². The average Bonchev–Trinajstić information content (AvgIpc) is 3.50. The van der Waals surface area contributed by atoms with Gasteiger partial charge in [0.25, 0.3) is 5.91 Å². The molecular weight excluding hydrogens is 466 g/mol. The lowest BCUT2D eigenvalue weighted by Gasteiger charge is -2.19. The van der Waals surface area contributed by atoms with E-state index in [2.05, 4.69) is 10.4 Å². The van der Waals surface area contributed by atoms with Crippen LogP contribution < -0.4 is 5.32 Å². The second-order valence-corrected chi connectivity index (χ2v) is 7.68. The minimum absolute atomic E-state index is 0.0630. The molecule has 2 aromatic carbocycles. The summed E-state index contributed by atoms with van der Waals surface area (Å²) in [5, 5.41) is 7.15. The van der Waals surface area contributed by atoms with Gasteiger partial charge in [0.05, 0.1) is 12.0 Å². The first-order valence-corrected chi connectivity index (χ1v) is 10.7. The number of benzene rings is 2. The van der Waals surface area contributed by atoms with Crippen molar-refractivity contribution < 1.29 is 22.8 Å². The van der Waals surface area contributed by atoms with Gasteiger partial charge in [-0.2, -0.15) is 5.10 Å². The molecule has 0 saturated carbocycles. The lowest BCUT2D eigenvalue weighted by Crippen LogP contribution is -2.38. The van der Waals surface area contributed by atoms with E-state index in [0.29, 0.717) is 22.2 Å². The maximum atomic E-state index is 13.9. The highest BCUT2D eigenvalue weighted by Crippen LogP contribution is 2.26. The van der Waals surface area contributed by atoms with Crippen LogP contribution in [0.5, 0.6) is 0 Å². The molecule has 4 aromatic rings. The van der Waals surface area contributed by atoms with E-state index in [-0.39, 0.29) is 12.2 Å². The number of hydrogen-bond acceptors (Lipinski definition) is 4. The van der Waals surface area contributed by atoms with E-state index in [1.807, 2.05) is 0 Å². The van der Waals surface area contributed by atoms with E-state index >= 15 is 0 Å². The predicted molar refractivity (Wildman–Crippen MR) is 123 cm³/mol. The first-order chi connectivity index (χ1) is 16.4. The Bertz CT molecular complexity index is 1300. The Labute approximate surface area is 198 Å². The van der Waals surface area contributed by atoms with Crippen molar-refractivity contribution in [3.05, 3.63) is 89.3 Å². The van der Waals surface area contributed by atoms with E-state index in [1.165, 1.54) is 21.9 Å². The van der Waals surface area contributed by atoms with Crippen molar-refractivity contribution >= 4 is 29.1 Å². The molecule has 2 amide bonds. The van der Waals surface area contributed by atoms with E-state index in [9.17, 15) is 18.4 Å². The zero-order chi connectivity index (χ0) is 24.2. The smallest absolute Gasteiger partial charge is 0.274 e. The van der Waals surface area contributed by atoms with Crippen molar-refractivity contribution in [1.82, 2.24) is 14.7 Å². The van der Waals surface area contributed by atoms with Crippen LogP contribution in [0.3, 0.4) is 0 Å². The minimum Gasteiger partial charge on any atom is -0.463 e. The van der Waals surface area contributed by atoms with Crippen molar-refractivity contribution in [2.75, 3.05) is 18.4 Å². The summed E-state index contributed by atoms with van der Waals surface area (Å²) in [7, 11) is 0. The fourth-order valence-electron chi connectivity index (χ4n) is 3.32. The summed E-state index contributed by atoms with van der Waals surface area (Å²) >= 11 is 5.99. The molecule has 34 heavy (non-hydrogen) atoms. The lowest BCUT2D eigenvalue weighted by molar-refractivity contribution is -0.116. The van der Waals surface area contributed by atoms with Gasteiger partial charge >= 0.3 is 0 Å². The molecule has 1 N–H and O–H groups in total. The van der Waals surface area contributed by atoms with Crippen LogP contribution in [0, 0.1) is 11.6 Å². The van der Waals surface area contributed by atoms with E-state index < -0.39 is 35.7 Å². The third kappa shape index (κ3) is 4.84. The quantitative estimate of drug-likeness (QED) is 0.392. The van der Waals surface area contributed by atoms with Crippen molar-refractivity contribution in [3.63, 3.8) is 0 Å². The largest absolute Gasteiger partial charge is 0.463 e. The van der Waals surface area contributed by atoms with E-state index in [1.54, 1.807) is 49.4 Å². The van der Waals surface area contributed by atoms with Crippen molar-refractivity contribution in [3.8, 4) is 17.1 Å². The number of nitrogens with one attached hydrogen (secondary N) is 1. The topological polar surface area (TPSA) is 80.4 Å². The number of rotatable bonds is 7. The molecule has 4 rings (SSSR count). The number of furan rings is 1. The molecule has 0 aliphatic heterocycles. The number of nitrogens with zero attached hydrogens (tertiary/aromatic N) is 3. The molecule has 0 spiro atoms. The summed E-state index contributed by atoms with van der Waals surface area (Å²) in [5.41, 5.74) is 0.659. The predicted octanol–water partition coefficient (Wildman–Crippen LogP) is 5.16. The molecular formula is C24H19ClF2N4O3. The van der Waals surface area contributed by atoms with Crippen LogP contribution in [-0.2, 0) is 4.79 Å². The number of likely N-dealkylation sites (N-methyl/N-ethyl adjacent to an activating group) is 1. The second kappa shape index (κ2) is 9.88. The SMILES string of the molecule is CCN(CC(=O)Nc1c(F)cccc1F)C(=O)c1cc(-c2ccco2)n(-c2ccc(Cl)cc2)n1. The third-order valence-corrected chi connectivity index (χ3v) is 5.26. The Morgan fingerprint density at radius 1 is 1.09 bits per heavy atom. The molecule has 2 aromatic heterocycles. The summed E-state index contributed by atoms with van der Waals surface area (Å²) in [6, 6.07) is 15.1. The number of anilines is 1. The highest BCUT2D eigenvalue weighted by atomic mass is 35.5. The maximum absolute atomic E-state index is 13.9. The molecule has 0 radical (unpaired) electrons. The average molecular weight is 485 g/mol. The summed E-state index contributed by atoms with van der Waals surface area (Å²) in [5.74, 6) is -2.62.